The van der Waals surface area contributed by atoms with Crippen LogP contribution in [-0.2, 0) is 17.8 Å². The highest BCUT2D eigenvalue weighted by Crippen LogP contribution is 2.14. The minimum Gasteiger partial charge on any atom is -0.383 e. The van der Waals surface area contributed by atoms with Crippen LogP contribution in [0.15, 0.2) is 52.8 Å². The van der Waals surface area contributed by atoms with Crippen LogP contribution in [0, 0.1) is 5.82 Å². The standard InChI is InChI=1S/C17H17FN4O3/c1-3-7-21-16(23)14-15(19-11-20(14)8-9-25-2)22(17(21)24)13-6-4-5-12(18)10-13/h3-6,10-11H,1,7-9H2,2H3. The highest BCUT2D eigenvalue weighted by Gasteiger charge is 2.18. The van der Waals surface area contributed by atoms with E-state index in [1.807, 2.05) is 0 Å². The van der Waals surface area contributed by atoms with Crippen molar-refractivity contribution in [2.75, 3.05) is 13.7 Å². The number of rotatable bonds is 6. The van der Waals surface area contributed by atoms with Crippen molar-refractivity contribution in [2.24, 2.45) is 0 Å². The van der Waals surface area contributed by atoms with E-state index >= 15 is 0 Å². The molecule has 0 aliphatic heterocycles. The van der Waals surface area contributed by atoms with Gasteiger partial charge in [-0.05, 0) is 18.2 Å². The van der Waals surface area contributed by atoms with Gasteiger partial charge in [-0.1, -0.05) is 12.1 Å². The number of hydrogen-bond donors (Lipinski definition) is 0. The summed E-state index contributed by atoms with van der Waals surface area (Å²) in [6.45, 7) is 4.41. The summed E-state index contributed by atoms with van der Waals surface area (Å²) in [5.41, 5.74) is -0.342. The molecule has 1 aromatic carbocycles. The van der Waals surface area contributed by atoms with Crippen molar-refractivity contribution in [3.05, 3.63) is 69.9 Å². The van der Waals surface area contributed by atoms with Crippen molar-refractivity contribution < 1.29 is 9.13 Å². The molecule has 0 saturated heterocycles. The Bertz CT molecular complexity index is 1050. The van der Waals surface area contributed by atoms with Crippen LogP contribution in [0.5, 0.6) is 0 Å². The summed E-state index contributed by atoms with van der Waals surface area (Å²) in [4.78, 5) is 29.8. The Labute approximate surface area is 142 Å². The van der Waals surface area contributed by atoms with Crippen molar-refractivity contribution in [1.29, 1.82) is 0 Å². The molecule has 130 valence electrons. The van der Waals surface area contributed by atoms with E-state index in [-0.39, 0.29) is 17.7 Å². The number of fused-ring (bicyclic) bond motifs is 1. The molecule has 0 atom stereocenters. The molecule has 0 bridgehead atoms. The molecular weight excluding hydrogens is 327 g/mol. The fraction of sp³-hybridized carbons (Fsp3) is 0.235. The summed E-state index contributed by atoms with van der Waals surface area (Å²) in [6, 6.07) is 5.58. The monoisotopic (exact) mass is 344 g/mol. The Morgan fingerprint density at radius 1 is 1.36 bits per heavy atom. The van der Waals surface area contributed by atoms with Crippen molar-refractivity contribution in [3.8, 4) is 5.69 Å². The van der Waals surface area contributed by atoms with Crippen LogP contribution in [0.3, 0.4) is 0 Å². The van der Waals surface area contributed by atoms with Crippen molar-refractivity contribution in [3.63, 3.8) is 0 Å². The van der Waals surface area contributed by atoms with Gasteiger partial charge in [0.15, 0.2) is 11.2 Å². The van der Waals surface area contributed by atoms with Crippen LogP contribution in [0.2, 0.25) is 0 Å². The maximum atomic E-state index is 13.6. The van der Waals surface area contributed by atoms with Crippen LogP contribution in [-0.4, -0.2) is 32.4 Å². The molecule has 3 aromatic rings. The van der Waals surface area contributed by atoms with E-state index in [1.54, 1.807) is 17.7 Å². The Morgan fingerprint density at radius 3 is 2.84 bits per heavy atom. The van der Waals surface area contributed by atoms with Crippen LogP contribution in [0.4, 0.5) is 4.39 Å². The van der Waals surface area contributed by atoms with E-state index in [0.717, 1.165) is 4.57 Å². The average Bonchev–Trinajstić information content (AvgIpc) is 3.00. The minimum absolute atomic E-state index is 0.0401. The van der Waals surface area contributed by atoms with Gasteiger partial charge in [0.05, 0.1) is 18.6 Å². The molecule has 7 nitrogen and oxygen atoms in total. The quantitative estimate of drug-likeness (QED) is 0.633. The van der Waals surface area contributed by atoms with Gasteiger partial charge in [-0.25, -0.2) is 18.7 Å². The minimum atomic E-state index is -0.597. The second-order valence-corrected chi connectivity index (χ2v) is 5.41. The Kier molecular flexibility index (Phi) is 4.62. The molecule has 3 rings (SSSR count). The first-order valence-corrected chi connectivity index (χ1v) is 7.65. The molecule has 0 unspecified atom stereocenters. The second-order valence-electron chi connectivity index (χ2n) is 5.41. The van der Waals surface area contributed by atoms with Crippen molar-refractivity contribution >= 4 is 11.2 Å². The summed E-state index contributed by atoms with van der Waals surface area (Å²) in [5.74, 6) is -0.488. The van der Waals surface area contributed by atoms with E-state index in [2.05, 4.69) is 11.6 Å². The fourth-order valence-electron chi connectivity index (χ4n) is 2.68. The van der Waals surface area contributed by atoms with Gasteiger partial charge >= 0.3 is 5.69 Å². The summed E-state index contributed by atoms with van der Waals surface area (Å²) >= 11 is 0. The lowest BCUT2D eigenvalue weighted by atomic mass is 10.3. The van der Waals surface area contributed by atoms with E-state index in [0.29, 0.717) is 18.8 Å². The molecule has 0 fully saturated rings. The number of aromatic nitrogens is 4. The number of methoxy groups -OCH3 is 1. The smallest absolute Gasteiger partial charge is 0.337 e. The molecule has 0 aliphatic rings. The zero-order valence-corrected chi connectivity index (χ0v) is 13.7. The summed E-state index contributed by atoms with van der Waals surface area (Å²) in [5, 5.41) is 0. The normalized spacial score (nSPS) is 11.1. The lowest BCUT2D eigenvalue weighted by Crippen LogP contribution is -2.39. The van der Waals surface area contributed by atoms with E-state index < -0.39 is 17.1 Å². The van der Waals surface area contributed by atoms with Gasteiger partial charge in [-0.15, -0.1) is 6.58 Å². The SMILES string of the molecule is C=CCn1c(=O)c2c(ncn2CCOC)n(-c2cccc(F)c2)c1=O. The molecule has 8 heteroatoms. The molecule has 2 aromatic heterocycles. The van der Waals surface area contributed by atoms with Gasteiger partial charge < -0.3 is 9.30 Å². The Hall–Kier alpha value is -3.00. The number of benzene rings is 1. The fourth-order valence-corrected chi connectivity index (χ4v) is 2.68. The molecule has 0 N–H and O–H groups in total. The first-order valence-electron chi connectivity index (χ1n) is 7.65. The maximum absolute atomic E-state index is 13.6. The first-order chi connectivity index (χ1) is 12.1. The molecule has 0 saturated carbocycles. The lowest BCUT2D eigenvalue weighted by Gasteiger charge is -2.11. The average molecular weight is 344 g/mol. The topological polar surface area (TPSA) is 71.0 Å². The van der Waals surface area contributed by atoms with Gasteiger partial charge in [-0.2, -0.15) is 0 Å². The molecule has 25 heavy (non-hydrogen) atoms. The third-order valence-corrected chi connectivity index (χ3v) is 3.81. The van der Waals surface area contributed by atoms with Crippen LogP contribution < -0.4 is 11.2 Å². The Balaban J connectivity index is 2.39. The predicted molar refractivity (Wildman–Crippen MR) is 91.6 cm³/mol. The number of hydrogen-bond acceptors (Lipinski definition) is 4. The highest BCUT2D eigenvalue weighted by molar-refractivity contribution is 5.72. The van der Waals surface area contributed by atoms with Crippen LogP contribution in [0.25, 0.3) is 16.9 Å². The summed E-state index contributed by atoms with van der Waals surface area (Å²) in [6.07, 6.45) is 2.93. The zero-order chi connectivity index (χ0) is 18.0. The number of nitrogens with zero attached hydrogens (tertiary/aromatic N) is 4. The lowest BCUT2D eigenvalue weighted by molar-refractivity contribution is 0.188. The summed E-state index contributed by atoms with van der Waals surface area (Å²) < 4.78 is 22.6. The van der Waals surface area contributed by atoms with Crippen molar-refractivity contribution in [2.45, 2.75) is 13.1 Å². The molecule has 0 radical (unpaired) electrons. The van der Waals surface area contributed by atoms with Gasteiger partial charge in [-0.3, -0.25) is 9.36 Å². The number of halogens is 1. The molecule has 2 heterocycles. The highest BCUT2D eigenvalue weighted by atomic mass is 19.1. The zero-order valence-electron chi connectivity index (χ0n) is 13.7. The van der Waals surface area contributed by atoms with Gasteiger partial charge in [0, 0.05) is 20.2 Å². The molecule has 0 aliphatic carbocycles. The van der Waals surface area contributed by atoms with E-state index in [9.17, 15) is 14.0 Å². The van der Waals surface area contributed by atoms with Crippen molar-refractivity contribution in [1.82, 2.24) is 18.7 Å². The summed E-state index contributed by atoms with van der Waals surface area (Å²) in [7, 11) is 1.55. The number of ether oxygens (including phenoxy) is 1. The maximum Gasteiger partial charge on any atom is 0.337 e. The van der Waals surface area contributed by atoms with Gasteiger partial charge in [0.25, 0.3) is 5.56 Å². The van der Waals surface area contributed by atoms with E-state index in [4.69, 9.17) is 4.74 Å². The van der Waals surface area contributed by atoms with Gasteiger partial charge in [0.1, 0.15) is 5.82 Å². The number of imidazole rings is 1. The second kappa shape index (κ2) is 6.86. The predicted octanol–water partition coefficient (Wildman–Crippen LogP) is 1.32. The Morgan fingerprint density at radius 2 is 2.16 bits per heavy atom. The molecular formula is C17H17FN4O3. The van der Waals surface area contributed by atoms with Gasteiger partial charge in [0.2, 0.25) is 0 Å². The third-order valence-electron chi connectivity index (χ3n) is 3.81. The largest absolute Gasteiger partial charge is 0.383 e. The van der Waals surface area contributed by atoms with Crippen LogP contribution >= 0.6 is 0 Å². The van der Waals surface area contributed by atoms with Crippen LogP contribution in [0.1, 0.15) is 0 Å². The third kappa shape index (κ3) is 2.91. The van der Waals surface area contributed by atoms with E-state index in [1.165, 1.54) is 35.2 Å². The molecule has 0 spiro atoms. The first kappa shape index (κ1) is 16.8. The number of allylic oxidation sites excluding steroid dienone is 1. The molecule has 0 amide bonds.